The molecular formula is C23H26N2O4. The van der Waals surface area contributed by atoms with Crippen molar-refractivity contribution in [3.63, 3.8) is 0 Å². The molecule has 3 aromatic rings. The first-order valence-electron chi connectivity index (χ1n) is 9.49. The number of aryl methyl sites for hydroxylation is 1. The second-order valence-electron chi connectivity index (χ2n) is 6.78. The maximum atomic E-state index is 12.7. The fraction of sp³-hybridized carbons (Fsp3) is 0.304. The molecule has 29 heavy (non-hydrogen) atoms. The van der Waals surface area contributed by atoms with E-state index in [0.717, 1.165) is 23.3 Å². The van der Waals surface area contributed by atoms with Crippen molar-refractivity contribution in [2.75, 3.05) is 27.8 Å². The van der Waals surface area contributed by atoms with Gasteiger partial charge in [-0.2, -0.15) is 0 Å². The molecule has 0 radical (unpaired) electrons. The molecule has 0 aliphatic heterocycles. The fourth-order valence-electron chi connectivity index (χ4n) is 3.13. The molecule has 0 saturated heterocycles. The average molecular weight is 394 g/mol. The highest BCUT2D eigenvalue weighted by Crippen LogP contribution is 2.30. The number of aromatic nitrogens is 1. The van der Waals surface area contributed by atoms with Gasteiger partial charge in [0.25, 0.3) is 0 Å². The number of carbonyl (C=O) groups is 1. The lowest BCUT2D eigenvalue weighted by atomic mass is 10.1. The van der Waals surface area contributed by atoms with Gasteiger partial charge in [0.1, 0.15) is 17.3 Å². The molecule has 0 bridgehead atoms. The summed E-state index contributed by atoms with van der Waals surface area (Å²) in [6, 6.07) is 15.4. The second kappa shape index (κ2) is 9.28. The van der Waals surface area contributed by atoms with Crippen molar-refractivity contribution < 1.29 is 18.7 Å². The van der Waals surface area contributed by atoms with Crippen LogP contribution in [0, 0.1) is 6.92 Å². The summed E-state index contributed by atoms with van der Waals surface area (Å²) in [5, 5.41) is 0. The topological polar surface area (TPSA) is 64.8 Å². The molecule has 0 aliphatic rings. The number of ether oxygens (including phenoxy) is 2. The van der Waals surface area contributed by atoms with Crippen molar-refractivity contribution in [1.82, 2.24) is 9.88 Å². The Morgan fingerprint density at radius 1 is 1.03 bits per heavy atom. The van der Waals surface area contributed by atoms with Crippen molar-refractivity contribution >= 4 is 5.91 Å². The molecule has 0 fully saturated rings. The molecule has 0 unspecified atom stereocenters. The summed E-state index contributed by atoms with van der Waals surface area (Å²) >= 11 is 0. The van der Waals surface area contributed by atoms with Crippen LogP contribution in [0.1, 0.15) is 17.0 Å². The van der Waals surface area contributed by atoms with E-state index in [1.54, 1.807) is 26.2 Å². The van der Waals surface area contributed by atoms with Gasteiger partial charge in [-0.15, -0.1) is 0 Å². The molecule has 1 heterocycles. The summed E-state index contributed by atoms with van der Waals surface area (Å²) in [6.07, 6.45) is 0.906. The van der Waals surface area contributed by atoms with Gasteiger partial charge in [-0.1, -0.05) is 30.3 Å². The van der Waals surface area contributed by atoms with Crippen LogP contribution in [0.4, 0.5) is 0 Å². The summed E-state index contributed by atoms with van der Waals surface area (Å²) in [7, 11) is 5.06. The predicted octanol–water partition coefficient (Wildman–Crippen LogP) is 3.91. The summed E-state index contributed by atoms with van der Waals surface area (Å²) < 4.78 is 16.6. The van der Waals surface area contributed by atoms with Gasteiger partial charge in [0.2, 0.25) is 11.8 Å². The van der Waals surface area contributed by atoms with E-state index in [9.17, 15) is 4.79 Å². The molecule has 0 atom stereocenters. The lowest BCUT2D eigenvalue weighted by Gasteiger charge is -2.17. The van der Waals surface area contributed by atoms with E-state index >= 15 is 0 Å². The molecule has 0 N–H and O–H groups in total. The van der Waals surface area contributed by atoms with Gasteiger partial charge in [0, 0.05) is 13.6 Å². The van der Waals surface area contributed by atoms with Crippen molar-refractivity contribution in [2.45, 2.75) is 19.8 Å². The first-order chi connectivity index (χ1) is 14.0. The lowest BCUT2D eigenvalue weighted by molar-refractivity contribution is -0.129. The Labute approximate surface area is 171 Å². The number of likely N-dealkylation sites (N-methyl/N-ethyl adjacent to an activating group) is 1. The van der Waals surface area contributed by atoms with E-state index in [4.69, 9.17) is 13.9 Å². The summed E-state index contributed by atoms with van der Waals surface area (Å²) in [5.74, 6) is 2.60. The van der Waals surface area contributed by atoms with Crippen LogP contribution in [0.5, 0.6) is 11.5 Å². The van der Waals surface area contributed by atoms with E-state index in [1.165, 1.54) is 0 Å². The maximum Gasteiger partial charge on any atom is 0.230 e. The standard InChI is InChI=1S/C23H26N2O4/c1-16-19(24-23(29-16)18-10-6-8-12-21(18)28-4)15-22(26)25(2)14-13-17-9-5-7-11-20(17)27-3/h5-12H,13-15H2,1-4H3. The highest BCUT2D eigenvalue weighted by atomic mass is 16.5. The second-order valence-corrected chi connectivity index (χ2v) is 6.78. The number of hydrogen-bond donors (Lipinski definition) is 0. The molecule has 0 aliphatic carbocycles. The Morgan fingerprint density at radius 3 is 2.41 bits per heavy atom. The van der Waals surface area contributed by atoms with Crippen LogP contribution in [0.3, 0.4) is 0 Å². The van der Waals surface area contributed by atoms with E-state index in [1.807, 2.05) is 55.5 Å². The molecule has 1 amide bonds. The van der Waals surface area contributed by atoms with Crippen molar-refractivity contribution in [1.29, 1.82) is 0 Å². The minimum atomic E-state index is -0.0112. The minimum Gasteiger partial charge on any atom is -0.496 e. The van der Waals surface area contributed by atoms with Crippen LogP contribution in [0.2, 0.25) is 0 Å². The molecule has 3 rings (SSSR count). The average Bonchev–Trinajstić information content (AvgIpc) is 3.11. The van der Waals surface area contributed by atoms with Crippen LogP contribution < -0.4 is 9.47 Å². The first-order valence-corrected chi connectivity index (χ1v) is 9.49. The molecular weight excluding hydrogens is 368 g/mol. The number of benzene rings is 2. The highest BCUT2D eigenvalue weighted by molar-refractivity contribution is 5.78. The van der Waals surface area contributed by atoms with Gasteiger partial charge < -0.3 is 18.8 Å². The quantitative estimate of drug-likeness (QED) is 0.580. The largest absolute Gasteiger partial charge is 0.496 e. The smallest absolute Gasteiger partial charge is 0.230 e. The zero-order chi connectivity index (χ0) is 20.8. The zero-order valence-corrected chi connectivity index (χ0v) is 17.3. The fourth-order valence-corrected chi connectivity index (χ4v) is 3.13. The highest BCUT2D eigenvalue weighted by Gasteiger charge is 2.19. The number of carbonyl (C=O) groups excluding carboxylic acids is 1. The first kappa shape index (κ1) is 20.5. The Balaban J connectivity index is 1.66. The Hall–Kier alpha value is -3.28. The van der Waals surface area contributed by atoms with Crippen LogP contribution in [0.25, 0.3) is 11.5 Å². The van der Waals surface area contributed by atoms with Crippen LogP contribution in [0.15, 0.2) is 52.9 Å². The van der Waals surface area contributed by atoms with Crippen molar-refractivity contribution in [3.8, 4) is 23.0 Å². The summed E-state index contributed by atoms with van der Waals surface area (Å²) in [6.45, 7) is 2.42. The number of hydrogen-bond acceptors (Lipinski definition) is 5. The van der Waals surface area contributed by atoms with Crippen LogP contribution >= 0.6 is 0 Å². The third-order valence-electron chi connectivity index (χ3n) is 4.88. The number of amides is 1. The van der Waals surface area contributed by atoms with Crippen LogP contribution in [-0.4, -0.2) is 43.6 Å². The maximum absolute atomic E-state index is 12.7. The molecule has 0 spiro atoms. The van der Waals surface area contributed by atoms with Crippen molar-refractivity contribution in [2.24, 2.45) is 0 Å². The number of nitrogens with zero attached hydrogens (tertiary/aromatic N) is 2. The van der Waals surface area contributed by atoms with Crippen molar-refractivity contribution in [3.05, 3.63) is 65.5 Å². The van der Waals surface area contributed by atoms with E-state index < -0.39 is 0 Å². The van der Waals surface area contributed by atoms with Gasteiger partial charge in [-0.25, -0.2) is 4.98 Å². The molecule has 2 aromatic carbocycles. The number of para-hydroxylation sites is 2. The number of rotatable bonds is 8. The Kier molecular flexibility index (Phi) is 6.54. The van der Waals surface area contributed by atoms with Crippen LogP contribution in [-0.2, 0) is 17.6 Å². The molecule has 0 saturated carbocycles. The molecule has 6 nitrogen and oxygen atoms in total. The van der Waals surface area contributed by atoms with E-state index in [-0.39, 0.29) is 12.3 Å². The summed E-state index contributed by atoms with van der Waals surface area (Å²) in [4.78, 5) is 19.0. The molecule has 152 valence electrons. The number of oxazole rings is 1. The third kappa shape index (κ3) is 4.77. The third-order valence-corrected chi connectivity index (χ3v) is 4.88. The Bertz CT molecular complexity index is 981. The van der Waals surface area contributed by atoms with E-state index in [0.29, 0.717) is 29.6 Å². The lowest BCUT2D eigenvalue weighted by Crippen LogP contribution is -2.30. The minimum absolute atomic E-state index is 0.0112. The monoisotopic (exact) mass is 394 g/mol. The van der Waals surface area contributed by atoms with E-state index in [2.05, 4.69) is 4.98 Å². The SMILES string of the molecule is COc1ccccc1CCN(C)C(=O)Cc1nc(-c2ccccc2OC)oc1C. The van der Waals surface area contributed by atoms with Gasteiger partial charge in [0.15, 0.2) is 0 Å². The van der Waals surface area contributed by atoms with Gasteiger partial charge in [-0.3, -0.25) is 4.79 Å². The van der Waals surface area contributed by atoms with Gasteiger partial charge in [-0.05, 0) is 37.1 Å². The molecule has 1 aromatic heterocycles. The predicted molar refractivity (Wildman–Crippen MR) is 111 cm³/mol. The normalized spacial score (nSPS) is 10.6. The van der Waals surface area contributed by atoms with Gasteiger partial charge >= 0.3 is 0 Å². The molecule has 6 heteroatoms. The number of methoxy groups -OCH3 is 2. The zero-order valence-electron chi connectivity index (χ0n) is 17.3. The summed E-state index contributed by atoms with van der Waals surface area (Å²) in [5.41, 5.74) is 2.48. The Morgan fingerprint density at radius 2 is 1.69 bits per heavy atom. The van der Waals surface area contributed by atoms with Gasteiger partial charge in [0.05, 0.1) is 31.9 Å².